The minimum atomic E-state index is -0.737. The van der Waals surface area contributed by atoms with Gasteiger partial charge in [-0.15, -0.1) is 0 Å². The van der Waals surface area contributed by atoms with E-state index in [0.717, 1.165) is 12.3 Å². The van der Waals surface area contributed by atoms with Gasteiger partial charge >= 0.3 is 5.82 Å². The van der Waals surface area contributed by atoms with Gasteiger partial charge in [-0.25, -0.2) is 4.39 Å². The summed E-state index contributed by atoms with van der Waals surface area (Å²) in [5.41, 5.74) is 0. The molecule has 0 unspecified atom stereocenters. The molecule has 4 nitrogen and oxygen atoms in total. The summed E-state index contributed by atoms with van der Waals surface area (Å²) in [6.07, 6.45) is 1.12. The fraction of sp³-hybridized carbons (Fsp3) is 0. The topological polar surface area (TPSA) is 56.0 Å². The van der Waals surface area contributed by atoms with Crippen molar-refractivity contribution in [1.82, 2.24) is 4.98 Å². The predicted octanol–water partition coefficient (Wildman–Crippen LogP) is 1.73. The fourth-order valence-electron chi connectivity index (χ4n) is 0.504. The standard InChI is InChI=1S/C5H2FIN2O2/c6-3-1-5(9(10)11)8-2-4(3)7/h1-2H. The highest BCUT2D eigenvalue weighted by Gasteiger charge is 2.10. The van der Waals surface area contributed by atoms with E-state index in [4.69, 9.17) is 0 Å². The van der Waals surface area contributed by atoms with E-state index in [1.165, 1.54) is 0 Å². The molecule has 0 bridgehead atoms. The summed E-state index contributed by atoms with van der Waals surface area (Å²) >= 11 is 1.70. The largest absolute Gasteiger partial charge is 0.366 e. The first-order valence-electron chi connectivity index (χ1n) is 2.56. The Balaban J connectivity index is 3.15. The van der Waals surface area contributed by atoms with E-state index in [0.29, 0.717) is 0 Å². The van der Waals surface area contributed by atoms with Gasteiger partial charge in [0.1, 0.15) is 5.82 Å². The van der Waals surface area contributed by atoms with E-state index in [1.54, 1.807) is 22.6 Å². The Labute approximate surface area is 74.7 Å². The third-order valence-electron chi connectivity index (χ3n) is 0.981. The van der Waals surface area contributed by atoms with Crippen molar-refractivity contribution in [2.75, 3.05) is 0 Å². The summed E-state index contributed by atoms with van der Waals surface area (Å²) in [5.74, 6) is -1.09. The number of rotatable bonds is 1. The first-order chi connectivity index (χ1) is 5.11. The van der Waals surface area contributed by atoms with E-state index in [2.05, 4.69) is 4.98 Å². The minimum absolute atomic E-state index is 0.271. The molecule has 58 valence electrons. The molecule has 1 rings (SSSR count). The van der Waals surface area contributed by atoms with Gasteiger partial charge in [0.2, 0.25) is 0 Å². The second-order valence-corrected chi connectivity index (χ2v) is 2.88. The molecule has 0 aliphatic carbocycles. The van der Waals surface area contributed by atoms with Crippen LogP contribution in [0, 0.1) is 19.5 Å². The maximum absolute atomic E-state index is 12.6. The van der Waals surface area contributed by atoms with Gasteiger partial charge in [0.15, 0.2) is 6.20 Å². The van der Waals surface area contributed by atoms with Crippen LogP contribution in [0.5, 0.6) is 0 Å². The van der Waals surface area contributed by atoms with Crippen molar-refractivity contribution in [2.24, 2.45) is 0 Å². The smallest absolute Gasteiger partial charge is 0.358 e. The summed E-state index contributed by atoms with van der Waals surface area (Å²) in [5, 5.41) is 10.0. The van der Waals surface area contributed by atoms with Crippen LogP contribution in [0.4, 0.5) is 10.2 Å². The van der Waals surface area contributed by atoms with Crippen molar-refractivity contribution in [3.8, 4) is 0 Å². The lowest BCUT2D eigenvalue weighted by Gasteiger charge is -1.91. The molecule has 0 aliphatic heterocycles. The highest BCUT2D eigenvalue weighted by atomic mass is 127. The molecule has 0 N–H and O–H groups in total. The highest BCUT2D eigenvalue weighted by Crippen LogP contribution is 2.13. The van der Waals surface area contributed by atoms with Gasteiger partial charge in [-0.2, -0.15) is 0 Å². The Hall–Kier alpha value is -0.790. The Morgan fingerprint density at radius 2 is 2.36 bits per heavy atom. The zero-order valence-electron chi connectivity index (χ0n) is 5.12. The van der Waals surface area contributed by atoms with Crippen LogP contribution in [-0.4, -0.2) is 9.91 Å². The Bertz CT molecular complexity index is 305. The van der Waals surface area contributed by atoms with Crippen molar-refractivity contribution in [3.05, 3.63) is 31.8 Å². The summed E-state index contributed by atoms with van der Waals surface area (Å²) in [7, 11) is 0. The third kappa shape index (κ3) is 1.82. The molecular formula is C5H2FIN2O2. The van der Waals surface area contributed by atoms with Crippen LogP contribution in [-0.2, 0) is 0 Å². The monoisotopic (exact) mass is 268 g/mol. The third-order valence-corrected chi connectivity index (χ3v) is 1.78. The summed E-state index contributed by atoms with van der Waals surface area (Å²) in [4.78, 5) is 12.7. The Morgan fingerprint density at radius 1 is 1.73 bits per heavy atom. The fourth-order valence-corrected chi connectivity index (χ4v) is 0.799. The molecule has 0 saturated carbocycles. The van der Waals surface area contributed by atoms with E-state index < -0.39 is 16.6 Å². The van der Waals surface area contributed by atoms with Crippen molar-refractivity contribution < 1.29 is 9.31 Å². The van der Waals surface area contributed by atoms with Crippen molar-refractivity contribution in [2.45, 2.75) is 0 Å². The van der Waals surface area contributed by atoms with Gasteiger partial charge < -0.3 is 10.1 Å². The molecule has 0 radical (unpaired) electrons. The van der Waals surface area contributed by atoms with Gasteiger partial charge in [-0.05, 0) is 32.5 Å². The molecule has 1 heterocycles. The number of halogens is 2. The summed E-state index contributed by atoms with van der Waals surface area (Å²) in [6, 6.07) is 0.793. The van der Waals surface area contributed by atoms with E-state index in [-0.39, 0.29) is 3.57 Å². The first kappa shape index (κ1) is 8.31. The minimum Gasteiger partial charge on any atom is -0.358 e. The average molecular weight is 268 g/mol. The highest BCUT2D eigenvalue weighted by molar-refractivity contribution is 14.1. The Morgan fingerprint density at radius 3 is 2.82 bits per heavy atom. The molecule has 1 aromatic rings. The van der Waals surface area contributed by atoms with Crippen LogP contribution >= 0.6 is 22.6 Å². The van der Waals surface area contributed by atoms with Gasteiger partial charge in [0.25, 0.3) is 0 Å². The number of hydrogen-bond acceptors (Lipinski definition) is 3. The predicted molar refractivity (Wildman–Crippen MR) is 43.6 cm³/mol. The van der Waals surface area contributed by atoms with E-state index >= 15 is 0 Å². The van der Waals surface area contributed by atoms with Crippen LogP contribution in [0.2, 0.25) is 0 Å². The normalized spacial score (nSPS) is 9.64. The van der Waals surface area contributed by atoms with Crippen LogP contribution in [0.3, 0.4) is 0 Å². The Kier molecular flexibility index (Phi) is 2.32. The molecule has 0 spiro atoms. The second kappa shape index (κ2) is 3.07. The van der Waals surface area contributed by atoms with Gasteiger partial charge in [-0.3, -0.25) is 0 Å². The van der Waals surface area contributed by atoms with Crippen LogP contribution in [0.1, 0.15) is 0 Å². The van der Waals surface area contributed by atoms with E-state index in [9.17, 15) is 14.5 Å². The lowest BCUT2D eigenvalue weighted by Crippen LogP contribution is -1.93. The number of nitrogens with zero attached hydrogens (tertiary/aromatic N) is 2. The maximum Gasteiger partial charge on any atom is 0.366 e. The molecule has 0 aromatic carbocycles. The molecule has 0 fully saturated rings. The van der Waals surface area contributed by atoms with Crippen LogP contribution in [0.25, 0.3) is 0 Å². The van der Waals surface area contributed by atoms with Gasteiger partial charge in [0.05, 0.1) is 9.64 Å². The van der Waals surface area contributed by atoms with Crippen LogP contribution in [0.15, 0.2) is 12.3 Å². The number of aromatic nitrogens is 1. The average Bonchev–Trinajstić information content (AvgIpc) is 1.94. The first-order valence-corrected chi connectivity index (χ1v) is 3.64. The molecule has 6 heteroatoms. The lowest BCUT2D eigenvalue weighted by atomic mass is 10.4. The molecule has 11 heavy (non-hydrogen) atoms. The SMILES string of the molecule is O=[N+]([O-])c1cc(F)c(I)cn1. The summed E-state index contributed by atoms with van der Waals surface area (Å²) < 4.78 is 12.9. The zero-order chi connectivity index (χ0) is 8.43. The molecular weight excluding hydrogens is 266 g/mol. The van der Waals surface area contributed by atoms with Crippen molar-refractivity contribution in [3.63, 3.8) is 0 Å². The molecule has 0 atom stereocenters. The molecule has 0 amide bonds. The summed E-state index contributed by atoms with van der Waals surface area (Å²) in [6.45, 7) is 0. The lowest BCUT2D eigenvalue weighted by molar-refractivity contribution is -0.389. The van der Waals surface area contributed by atoms with Gasteiger partial charge in [0, 0.05) is 0 Å². The van der Waals surface area contributed by atoms with Crippen LogP contribution < -0.4 is 0 Å². The zero-order valence-corrected chi connectivity index (χ0v) is 7.28. The second-order valence-electron chi connectivity index (χ2n) is 1.71. The van der Waals surface area contributed by atoms with E-state index in [1.807, 2.05) is 0 Å². The quantitative estimate of drug-likeness (QED) is 0.442. The number of hydrogen-bond donors (Lipinski definition) is 0. The molecule has 0 saturated heterocycles. The molecule has 0 aliphatic rings. The molecule has 1 aromatic heterocycles. The van der Waals surface area contributed by atoms with Crippen molar-refractivity contribution >= 4 is 28.4 Å². The maximum atomic E-state index is 12.6. The number of pyridine rings is 1. The van der Waals surface area contributed by atoms with Crippen molar-refractivity contribution in [1.29, 1.82) is 0 Å². The van der Waals surface area contributed by atoms with Gasteiger partial charge in [-0.1, -0.05) is 0 Å². The number of nitro groups is 1.